The molecule has 100 valence electrons. The quantitative estimate of drug-likeness (QED) is 0.768. The third-order valence-corrected chi connectivity index (χ3v) is 3.03. The molecule has 0 spiro atoms. The monoisotopic (exact) mass is 269 g/mol. The average molecular weight is 269 g/mol. The molecule has 1 aromatic heterocycles. The van der Waals surface area contributed by atoms with Gasteiger partial charge in [0.1, 0.15) is 5.82 Å². The fourth-order valence-electron chi connectivity index (χ4n) is 2.06. The van der Waals surface area contributed by atoms with Crippen molar-refractivity contribution in [2.45, 2.75) is 6.42 Å². The van der Waals surface area contributed by atoms with E-state index in [1.807, 2.05) is 18.2 Å². The number of rotatable bonds is 3. The third kappa shape index (κ3) is 2.51. The zero-order valence-corrected chi connectivity index (χ0v) is 10.6. The van der Waals surface area contributed by atoms with Gasteiger partial charge in [-0.2, -0.15) is 5.10 Å². The number of fused-ring (bicyclic) bond motifs is 1. The molecule has 0 fully saturated rings. The molecule has 3 rings (SSSR count). The van der Waals surface area contributed by atoms with Crippen LogP contribution in [0.25, 0.3) is 10.9 Å². The van der Waals surface area contributed by atoms with E-state index in [1.165, 1.54) is 12.1 Å². The van der Waals surface area contributed by atoms with Crippen LogP contribution in [-0.2, 0) is 11.2 Å². The molecule has 0 aliphatic heterocycles. The number of hydrogen-bond acceptors (Lipinski definition) is 2. The lowest BCUT2D eigenvalue weighted by Gasteiger charge is -2.06. The minimum Gasteiger partial charge on any atom is -0.324 e. The molecule has 2 aromatic carbocycles. The summed E-state index contributed by atoms with van der Waals surface area (Å²) < 4.78 is 12.8. The predicted molar refractivity (Wildman–Crippen MR) is 74.8 cm³/mol. The van der Waals surface area contributed by atoms with Gasteiger partial charge in [-0.3, -0.25) is 9.89 Å². The van der Waals surface area contributed by atoms with Crippen LogP contribution in [0.4, 0.5) is 10.1 Å². The zero-order chi connectivity index (χ0) is 13.9. The number of nitrogens with one attached hydrogen (secondary N) is 2. The summed E-state index contributed by atoms with van der Waals surface area (Å²) in [6.07, 6.45) is 1.90. The number of aromatic nitrogens is 2. The number of benzene rings is 2. The summed E-state index contributed by atoms with van der Waals surface area (Å²) in [7, 11) is 0. The van der Waals surface area contributed by atoms with Gasteiger partial charge in [-0.05, 0) is 23.8 Å². The summed E-state index contributed by atoms with van der Waals surface area (Å²) in [5.41, 5.74) is 2.24. The van der Waals surface area contributed by atoms with Crippen LogP contribution in [0.5, 0.6) is 0 Å². The van der Waals surface area contributed by atoms with Gasteiger partial charge in [0, 0.05) is 5.39 Å². The second-order valence-corrected chi connectivity index (χ2v) is 4.49. The maximum Gasteiger partial charge on any atom is 0.228 e. The first kappa shape index (κ1) is 12.3. The van der Waals surface area contributed by atoms with Crippen LogP contribution in [0.1, 0.15) is 5.56 Å². The molecular formula is C15H12FN3O. The van der Waals surface area contributed by atoms with Crippen LogP contribution >= 0.6 is 0 Å². The lowest BCUT2D eigenvalue weighted by molar-refractivity contribution is -0.115. The minimum absolute atomic E-state index is 0.154. The highest BCUT2D eigenvalue weighted by atomic mass is 19.1. The van der Waals surface area contributed by atoms with Crippen molar-refractivity contribution >= 4 is 22.5 Å². The summed E-state index contributed by atoms with van der Waals surface area (Å²) in [4.78, 5) is 12.0. The number of H-pyrrole nitrogens is 1. The van der Waals surface area contributed by atoms with Crippen molar-refractivity contribution in [3.63, 3.8) is 0 Å². The fourth-order valence-corrected chi connectivity index (χ4v) is 2.06. The first-order chi connectivity index (χ1) is 9.72. The number of hydrogen-bond donors (Lipinski definition) is 2. The van der Waals surface area contributed by atoms with Gasteiger partial charge in [-0.1, -0.05) is 24.3 Å². The van der Waals surface area contributed by atoms with E-state index in [1.54, 1.807) is 18.3 Å². The van der Waals surface area contributed by atoms with Gasteiger partial charge < -0.3 is 5.32 Å². The SMILES string of the molecule is O=C(Cc1ccc(F)cc1)Nc1cccc2cn[nH]c12. The van der Waals surface area contributed by atoms with Gasteiger partial charge in [0.2, 0.25) is 5.91 Å². The molecule has 4 nitrogen and oxygen atoms in total. The normalized spacial score (nSPS) is 10.7. The lowest BCUT2D eigenvalue weighted by atomic mass is 10.1. The van der Waals surface area contributed by atoms with Crippen LogP contribution < -0.4 is 5.32 Å². The van der Waals surface area contributed by atoms with E-state index in [2.05, 4.69) is 15.5 Å². The Morgan fingerprint density at radius 3 is 2.80 bits per heavy atom. The number of anilines is 1. The highest BCUT2D eigenvalue weighted by molar-refractivity contribution is 6.00. The Labute approximate surface area is 114 Å². The molecule has 0 bridgehead atoms. The molecule has 0 saturated heterocycles. The van der Waals surface area contributed by atoms with Crippen molar-refractivity contribution < 1.29 is 9.18 Å². The van der Waals surface area contributed by atoms with Crippen molar-refractivity contribution in [1.82, 2.24) is 10.2 Å². The Hall–Kier alpha value is -2.69. The number of amides is 1. The molecule has 0 saturated carbocycles. The molecule has 0 aliphatic rings. The van der Waals surface area contributed by atoms with Gasteiger partial charge in [-0.25, -0.2) is 4.39 Å². The zero-order valence-electron chi connectivity index (χ0n) is 10.6. The van der Waals surface area contributed by atoms with E-state index in [0.717, 1.165) is 16.5 Å². The van der Waals surface area contributed by atoms with Gasteiger partial charge in [0.05, 0.1) is 23.8 Å². The summed E-state index contributed by atoms with van der Waals surface area (Å²) in [5, 5.41) is 10.6. The Morgan fingerprint density at radius 1 is 1.20 bits per heavy atom. The van der Waals surface area contributed by atoms with Gasteiger partial charge in [-0.15, -0.1) is 0 Å². The van der Waals surface area contributed by atoms with Gasteiger partial charge in [0.15, 0.2) is 0 Å². The number of nitrogens with zero attached hydrogens (tertiary/aromatic N) is 1. The highest BCUT2D eigenvalue weighted by Gasteiger charge is 2.08. The minimum atomic E-state index is -0.309. The first-order valence-corrected chi connectivity index (χ1v) is 6.19. The summed E-state index contributed by atoms with van der Waals surface area (Å²) in [6, 6.07) is 11.5. The largest absolute Gasteiger partial charge is 0.324 e. The van der Waals surface area contributed by atoms with Crippen molar-refractivity contribution in [1.29, 1.82) is 0 Å². The number of aromatic amines is 1. The van der Waals surface area contributed by atoms with Crippen LogP contribution in [0, 0.1) is 5.82 Å². The molecule has 20 heavy (non-hydrogen) atoms. The molecule has 0 unspecified atom stereocenters. The van der Waals surface area contributed by atoms with Crippen LogP contribution in [-0.4, -0.2) is 16.1 Å². The van der Waals surface area contributed by atoms with Crippen LogP contribution in [0.2, 0.25) is 0 Å². The van der Waals surface area contributed by atoms with Crippen molar-refractivity contribution in [3.05, 3.63) is 60.0 Å². The highest BCUT2D eigenvalue weighted by Crippen LogP contribution is 2.20. The van der Waals surface area contributed by atoms with E-state index < -0.39 is 0 Å². The second kappa shape index (κ2) is 5.13. The van der Waals surface area contributed by atoms with E-state index >= 15 is 0 Å². The molecule has 0 atom stereocenters. The fraction of sp³-hybridized carbons (Fsp3) is 0.0667. The van der Waals surface area contributed by atoms with E-state index in [0.29, 0.717) is 5.69 Å². The Kier molecular flexibility index (Phi) is 3.16. The molecule has 3 aromatic rings. The van der Waals surface area contributed by atoms with Gasteiger partial charge in [0.25, 0.3) is 0 Å². The Morgan fingerprint density at radius 2 is 2.00 bits per heavy atom. The maximum absolute atomic E-state index is 12.8. The molecule has 0 radical (unpaired) electrons. The number of carbonyl (C=O) groups is 1. The molecule has 5 heteroatoms. The average Bonchev–Trinajstić information content (AvgIpc) is 2.91. The lowest BCUT2D eigenvalue weighted by Crippen LogP contribution is -2.14. The topological polar surface area (TPSA) is 57.8 Å². The first-order valence-electron chi connectivity index (χ1n) is 6.19. The molecule has 2 N–H and O–H groups in total. The van der Waals surface area contributed by atoms with Crippen molar-refractivity contribution in [3.8, 4) is 0 Å². The van der Waals surface area contributed by atoms with E-state index in [-0.39, 0.29) is 18.1 Å². The summed E-state index contributed by atoms with van der Waals surface area (Å²) in [6.45, 7) is 0. The van der Waals surface area contributed by atoms with Crippen molar-refractivity contribution in [2.75, 3.05) is 5.32 Å². The van der Waals surface area contributed by atoms with E-state index in [4.69, 9.17) is 0 Å². The Balaban J connectivity index is 1.76. The molecule has 1 amide bonds. The smallest absolute Gasteiger partial charge is 0.228 e. The third-order valence-electron chi connectivity index (χ3n) is 3.03. The van der Waals surface area contributed by atoms with Crippen LogP contribution in [0.15, 0.2) is 48.7 Å². The van der Waals surface area contributed by atoms with Crippen LogP contribution in [0.3, 0.4) is 0 Å². The Bertz CT molecular complexity index is 749. The number of para-hydroxylation sites is 1. The predicted octanol–water partition coefficient (Wildman–Crippen LogP) is 2.88. The van der Waals surface area contributed by atoms with Gasteiger partial charge >= 0.3 is 0 Å². The molecule has 0 aliphatic carbocycles. The number of halogens is 1. The van der Waals surface area contributed by atoms with E-state index in [9.17, 15) is 9.18 Å². The standard InChI is InChI=1S/C15H12FN3O/c16-12-6-4-10(5-7-12)8-14(20)18-13-3-1-2-11-9-17-19-15(11)13/h1-7,9H,8H2,(H,17,19)(H,18,20). The molecular weight excluding hydrogens is 257 g/mol. The summed E-state index contributed by atoms with van der Waals surface area (Å²) >= 11 is 0. The van der Waals surface area contributed by atoms with Crippen molar-refractivity contribution in [2.24, 2.45) is 0 Å². The summed E-state index contributed by atoms with van der Waals surface area (Å²) in [5.74, 6) is -0.463. The number of carbonyl (C=O) groups excluding carboxylic acids is 1. The maximum atomic E-state index is 12.8. The second-order valence-electron chi connectivity index (χ2n) is 4.49. The molecule has 1 heterocycles.